The number of hydrogen-bond acceptors (Lipinski definition) is 2. The second kappa shape index (κ2) is 9.38. The standard InChI is InChI=1S/C30H32N2O2/c1-20-10-3-5-12-23(20)24-14-9-15-25-26(29(30(33)34)31-28(24)25)13-7-8-19-32-21(2)17-18-22-11-4-6-16-27(22)32/h3-6,9-12,14-16,21,31H,7-8,13,17-19H2,1-2H3,(H,33,34). The first-order chi connectivity index (χ1) is 16.5. The molecule has 0 radical (unpaired) electrons. The first-order valence-electron chi connectivity index (χ1n) is 12.3. The van der Waals surface area contributed by atoms with Crippen molar-refractivity contribution in [2.75, 3.05) is 11.4 Å². The molecule has 0 bridgehead atoms. The van der Waals surface area contributed by atoms with Crippen molar-refractivity contribution < 1.29 is 9.90 Å². The average Bonchev–Trinajstić information content (AvgIpc) is 3.22. The number of rotatable bonds is 7. The minimum absolute atomic E-state index is 0.327. The highest BCUT2D eigenvalue weighted by atomic mass is 16.4. The molecule has 174 valence electrons. The number of anilines is 1. The molecule has 2 heterocycles. The molecule has 4 heteroatoms. The van der Waals surface area contributed by atoms with Crippen molar-refractivity contribution in [1.82, 2.24) is 4.98 Å². The summed E-state index contributed by atoms with van der Waals surface area (Å²) >= 11 is 0. The smallest absolute Gasteiger partial charge is 0.352 e. The van der Waals surface area contributed by atoms with E-state index in [2.05, 4.69) is 72.3 Å². The van der Waals surface area contributed by atoms with Gasteiger partial charge in [-0.25, -0.2) is 4.79 Å². The van der Waals surface area contributed by atoms with Gasteiger partial charge in [-0.05, 0) is 74.3 Å². The fourth-order valence-corrected chi connectivity index (χ4v) is 5.50. The lowest BCUT2D eigenvalue weighted by Gasteiger charge is -2.37. The number of hydrogen-bond donors (Lipinski definition) is 2. The second-order valence-electron chi connectivity index (χ2n) is 9.49. The number of benzene rings is 3. The number of carboxylic acids is 1. The number of nitrogens with one attached hydrogen (secondary N) is 1. The van der Waals surface area contributed by atoms with Crippen LogP contribution < -0.4 is 4.90 Å². The van der Waals surface area contributed by atoms with Gasteiger partial charge in [0.25, 0.3) is 0 Å². The van der Waals surface area contributed by atoms with Crippen molar-refractivity contribution in [1.29, 1.82) is 0 Å². The highest BCUT2D eigenvalue weighted by Crippen LogP contribution is 2.35. The third-order valence-electron chi connectivity index (χ3n) is 7.33. The summed E-state index contributed by atoms with van der Waals surface area (Å²) in [6, 6.07) is 23.7. The van der Waals surface area contributed by atoms with Crippen molar-refractivity contribution >= 4 is 22.6 Å². The van der Waals surface area contributed by atoms with Crippen LogP contribution in [0.15, 0.2) is 66.7 Å². The third-order valence-corrected chi connectivity index (χ3v) is 7.33. The number of unbranched alkanes of at least 4 members (excludes halogenated alkanes) is 1. The molecular formula is C30H32N2O2. The van der Waals surface area contributed by atoms with E-state index in [1.807, 2.05) is 18.2 Å². The van der Waals surface area contributed by atoms with Crippen LogP contribution in [0.25, 0.3) is 22.0 Å². The number of aromatic amines is 1. The zero-order valence-electron chi connectivity index (χ0n) is 20.0. The van der Waals surface area contributed by atoms with E-state index in [1.54, 1.807) is 0 Å². The van der Waals surface area contributed by atoms with Crippen LogP contribution in [0.3, 0.4) is 0 Å². The molecule has 0 saturated carbocycles. The maximum Gasteiger partial charge on any atom is 0.352 e. The quantitative estimate of drug-likeness (QED) is 0.297. The average molecular weight is 453 g/mol. The van der Waals surface area contributed by atoms with E-state index in [1.165, 1.54) is 23.2 Å². The Kier molecular flexibility index (Phi) is 6.14. The van der Waals surface area contributed by atoms with Gasteiger partial charge in [0, 0.05) is 29.2 Å². The fourth-order valence-electron chi connectivity index (χ4n) is 5.50. The lowest BCUT2D eigenvalue weighted by atomic mass is 9.95. The predicted molar refractivity (Wildman–Crippen MR) is 140 cm³/mol. The number of fused-ring (bicyclic) bond motifs is 2. The Morgan fingerprint density at radius 2 is 1.76 bits per heavy atom. The molecular weight excluding hydrogens is 420 g/mol. The molecule has 1 aliphatic heterocycles. The fraction of sp³-hybridized carbons (Fsp3) is 0.300. The van der Waals surface area contributed by atoms with Gasteiger partial charge >= 0.3 is 5.97 Å². The molecule has 0 aliphatic carbocycles. The van der Waals surface area contributed by atoms with Crippen LogP contribution >= 0.6 is 0 Å². The lowest BCUT2D eigenvalue weighted by molar-refractivity contribution is 0.0690. The maximum absolute atomic E-state index is 12.1. The van der Waals surface area contributed by atoms with Gasteiger partial charge in [-0.2, -0.15) is 0 Å². The first-order valence-corrected chi connectivity index (χ1v) is 12.3. The molecule has 4 nitrogen and oxygen atoms in total. The van der Waals surface area contributed by atoms with Gasteiger partial charge in [0.05, 0.1) is 5.52 Å². The summed E-state index contributed by atoms with van der Waals surface area (Å²) in [5.74, 6) is -0.888. The minimum Gasteiger partial charge on any atom is -0.477 e. The van der Waals surface area contributed by atoms with E-state index < -0.39 is 5.97 Å². The minimum atomic E-state index is -0.888. The summed E-state index contributed by atoms with van der Waals surface area (Å²) in [4.78, 5) is 17.9. The van der Waals surface area contributed by atoms with Crippen molar-refractivity contribution in [3.63, 3.8) is 0 Å². The highest BCUT2D eigenvalue weighted by molar-refractivity contribution is 6.03. The molecule has 1 aromatic heterocycles. The SMILES string of the molecule is Cc1ccccc1-c1cccc2c(CCCCN3c4ccccc4CCC3C)c(C(=O)O)[nH]c12. The molecule has 0 amide bonds. The monoisotopic (exact) mass is 452 g/mol. The van der Waals surface area contributed by atoms with E-state index in [9.17, 15) is 9.90 Å². The van der Waals surface area contributed by atoms with Gasteiger partial charge in [0.1, 0.15) is 5.69 Å². The summed E-state index contributed by atoms with van der Waals surface area (Å²) < 4.78 is 0. The molecule has 1 unspecified atom stereocenters. The molecule has 4 aromatic rings. The van der Waals surface area contributed by atoms with Crippen molar-refractivity contribution in [2.45, 2.75) is 52.0 Å². The van der Waals surface area contributed by atoms with E-state index in [0.717, 1.165) is 59.8 Å². The van der Waals surface area contributed by atoms with Gasteiger partial charge in [-0.3, -0.25) is 0 Å². The van der Waals surface area contributed by atoms with Crippen LogP contribution in [-0.2, 0) is 12.8 Å². The summed E-state index contributed by atoms with van der Waals surface area (Å²) in [5.41, 5.74) is 8.34. The lowest BCUT2D eigenvalue weighted by Crippen LogP contribution is -2.38. The van der Waals surface area contributed by atoms with Crippen LogP contribution in [0.5, 0.6) is 0 Å². The number of carboxylic acid groups (broad SMARTS) is 1. The second-order valence-corrected chi connectivity index (χ2v) is 9.49. The van der Waals surface area contributed by atoms with Gasteiger partial charge in [0.2, 0.25) is 0 Å². The molecule has 5 rings (SSSR count). The predicted octanol–water partition coefficient (Wildman–Crippen LogP) is 7.01. The van der Waals surface area contributed by atoms with Crippen LogP contribution in [0, 0.1) is 6.92 Å². The van der Waals surface area contributed by atoms with Crippen molar-refractivity contribution in [3.8, 4) is 11.1 Å². The van der Waals surface area contributed by atoms with E-state index in [4.69, 9.17) is 0 Å². The maximum atomic E-state index is 12.1. The first kappa shape index (κ1) is 22.3. The summed E-state index contributed by atoms with van der Waals surface area (Å²) in [6.07, 6.45) is 5.07. The summed E-state index contributed by atoms with van der Waals surface area (Å²) in [6.45, 7) is 5.40. The Morgan fingerprint density at radius 1 is 1.00 bits per heavy atom. The molecule has 3 aromatic carbocycles. The molecule has 0 fully saturated rings. The van der Waals surface area contributed by atoms with Gasteiger partial charge < -0.3 is 15.0 Å². The van der Waals surface area contributed by atoms with Crippen LogP contribution in [0.1, 0.15) is 53.4 Å². The van der Waals surface area contributed by atoms with Crippen molar-refractivity contribution in [3.05, 3.63) is 89.1 Å². The van der Waals surface area contributed by atoms with Crippen LogP contribution in [0.4, 0.5) is 5.69 Å². The number of aryl methyl sites for hydroxylation is 3. The van der Waals surface area contributed by atoms with E-state index in [-0.39, 0.29) is 0 Å². The van der Waals surface area contributed by atoms with Crippen LogP contribution in [0.2, 0.25) is 0 Å². The van der Waals surface area contributed by atoms with Gasteiger partial charge in [0.15, 0.2) is 0 Å². The Labute approximate surface area is 201 Å². The Balaban J connectivity index is 1.38. The molecule has 1 atom stereocenters. The number of para-hydroxylation sites is 2. The number of aromatic carboxylic acids is 1. The Bertz CT molecular complexity index is 1340. The zero-order chi connectivity index (χ0) is 23.7. The number of nitrogens with zero attached hydrogens (tertiary/aromatic N) is 1. The molecule has 0 saturated heterocycles. The Morgan fingerprint density at radius 3 is 2.59 bits per heavy atom. The Hall–Kier alpha value is -3.53. The largest absolute Gasteiger partial charge is 0.477 e. The molecule has 34 heavy (non-hydrogen) atoms. The molecule has 0 spiro atoms. The van der Waals surface area contributed by atoms with E-state index in [0.29, 0.717) is 11.7 Å². The normalized spacial score (nSPS) is 15.5. The zero-order valence-corrected chi connectivity index (χ0v) is 20.0. The van der Waals surface area contributed by atoms with Gasteiger partial charge in [-0.1, -0.05) is 60.7 Å². The van der Waals surface area contributed by atoms with E-state index >= 15 is 0 Å². The van der Waals surface area contributed by atoms with Crippen LogP contribution in [-0.4, -0.2) is 28.6 Å². The highest BCUT2D eigenvalue weighted by Gasteiger charge is 2.23. The summed E-state index contributed by atoms with van der Waals surface area (Å²) in [5, 5.41) is 11.0. The molecule has 2 N–H and O–H groups in total. The number of H-pyrrole nitrogens is 1. The van der Waals surface area contributed by atoms with Gasteiger partial charge in [-0.15, -0.1) is 0 Å². The third kappa shape index (κ3) is 4.09. The number of aromatic nitrogens is 1. The summed E-state index contributed by atoms with van der Waals surface area (Å²) in [7, 11) is 0. The van der Waals surface area contributed by atoms with Crippen molar-refractivity contribution in [2.24, 2.45) is 0 Å². The molecule has 1 aliphatic rings. The number of carbonyl (C=O) groups is 1. The topological polar surface area (TPSA) is 56.3 Å².